The highest BCUT2D eigenvalue weighted by Gasteiger charge is 2.33. The lowest BCUT2D eigenvalue weighted by Gasteiger charge is -2.32. The molecular formula is C12H18N2O2. The third-order valence-electron chi connectivity index (χ3n) is 3.08. The third-order valence-corrected chi connectivity index (χ3v) is 3.08. The minimum atomic E-state index is -0.421. The molecule has 0 aromatic carbocycles. The molecular weight excluding hydrogens is 204 g/mol. The molecule has 4 heteroatoms. The number of carbonyl (C=O) groups excluding carboxylic acids is 1. The van der Waals surface area contributed by atoms with Gasteiger partial charge in [0.15, 0.2) is 0 Å². The Kier molecular flexibility index (Phi) is 4.01. The lowest BCUT2D eigenvalue weighted by atomic mass is 9.74. The fourth-order valence-electron chi connectivity index (χ4n) is 1.63. The van der Waals surface area contributed by atoms with E-state index in [2.05, 4.69) is 4.98 Å². The van der Waals surface area contributed by atoms with E-state index in [1.165, 1.54) is 7.11 Å². The number of ether oxygens (including phenoxy) is 1. The number of rotatable bonds is 4. The maximum Gasteiger partial charge on any atom is 0.306 e. The van der Waals surface area contributed by atoms with Crippen LogP contribution < -0.4 is 5.73 Å². The Morgan fingerprint density at radius 3 is 2.56 bits per heavy atom. The minimum absolute atomic E-state index is 0.144. The molecule has 0 radical (unpaired) electrons. The summed E-state index contributed by atoms with van der Waals surface area (Å²) < 4.78 is 4.71. The van der Waals surface area contributed by atoms with Gasteiger partial charge >= 0.3 is 5.97 Å². The van der Waals surface area contributed by atoms with Gasteiger partial charge in [-0.3, -0.25) is 9.78 Å². The van der Waals surface area contributed by atoms with E-state index in [9.17, 15) is 4.79 Å². The highest BCUT2D eigenvalue weighted by Crippen LogP contribution is 2.30. The zero-order valence-corrected chi connectivity index (χ0v) is 9.93. The van der Waals surface area contributed by atoms with Crippen LogP contribution in [0.4, 0.5) is 0 Å². The van der Waals surface area contributed by atoms with Crippen LogP contribution in [0.1, 0.15) is 25.8 Å². The average molecular weight is 222 g/mol. The summed E-state index contributed by atoms with van der Waals surface area (Å²) in [5, 5.41) is 0. The SMILES string of the molecule is COC(=O)CC(C)(c1ccncc1)C(C)N. The van der Waals surface area contributed by atoms with Gasteiger partial charge in [0, 0.05) is 23.9 Å². The third kappa shape index (κ3) is 2.58. The van der Waals surface area contributed by atoms with Gasteiger partial charge in [-0.25, -0.2) is 0 Å². The van der Waals surface area contributed by atoms with Gasteiger partial charge in [-0.05, 0) is 24.6 Å². The zero-order chi connectivity index (χ0) is 12.2. The molecule has 2 unspecified atom stereocenters. The van der Waals surface area contributed by atoms with Gasteiger partial charge in [0.2, 0.25) is 0 Å². The van der Waals surface area contributed by atoms with Crippen molar-refractivity contribution in [1.29, 1.82) is 0 Å². The molecule has 0 aliphatic heterocycles. The van der Waals surface area contributed by atoms with Crippen molar-refractivity contribution in [1.82, 2.24) is 4.98 Å². The first-order chi connectivity index (χ1) is 7.50. The van der Waals surface area contributed by atoms with Gasteiger partial charge in [0.25, 0.3) is 0 Å². The molecule has 1 heterocycles. The van der Waals surface area contributed by atoms with E-state index >= 15 is 0 Å². The van der Waals surface area contributed by atoms with E-state index in [1.807, 2.05) is 26.0 Å². The molecule has 2 N–H and O–H groups in total. The molecule has 4 nitrogen and oxygen atoms in total. The Labute approximate surface area is 95.8 Å². The number of nitrogens with zero attached hydrogens (tertiary/aromatic N) is 1. The summed E-state index contributed by atoms with van der Waals surface area (Å²) in [5.41, 5.74) is 6.56. The number of hydrogen-bond donors (Lipinski definition) is 1. The lowest BCUT2D eigenvalue weighted by molar-refractivity contribution is -0.142. The molecule has 0 bridgehead atoms. The Morgan fingerprint density at radius 1 is 1.56 bits per heavy atom. The number of esters is 1. The maximum atomic E-state index is 11.4. The molecule has 1 aromatic heterocycles. The largest absolute Gasteiger partial charge is 0.469 e. The van der Waals surface area contributed by atoms with Crippen molar-refractivity contribution >= 4 is 5.97 Å². The summed E-state index contributed by atoms with van der Waals surface area (Å²) in [6, 6.07) is 3.62. The fourth-order valence-corrected chi connectivity index (χ4v) is 1.63. The van der Waals surface area contributed by atoms with Crippen molar-refractivity contribution in [3.8, 4) is 0 Å². The molecule has 0 saturated carbocycles. The van der Waals surface area contributed by atoms with Crippen molar-refractivity contribution < 1.29 is 9.53 Å². The van der Waals surface area contributed by atoms with Gasteiger partial charge < -0.3 is 10.5 Å². The zero-order valence-electron chi connectivity index (χ0n) is 9.93. The molecule has 1 rings (SSSR count). The second-order valence-corrected chi connectivity index (χ2v) is 4.19. The summed E-state index contributed by atoms with van der Waals surface area (Å²) in [7, 11) is 1.39. The van der Waals surface area contributed by atoms with Crippen LogP contribution in [-0.2, 0) is 14.9 Å². The van der Waals surface area contributed by atoms with Gasteiger partial charge in [0.05, 0.1) is 13.5 Å². The number of carbonyl (C=O) groups is 1. The van der Waals surface area contributed by atoms with Crippen molar-refractivity contribution in [2.24, 2.45) is 5.73 Å². The molecule has 16 heavy (non-hydrogen) atoms. The number of aromatic nitrogens is 1. The van der Waals surface area contributed by atoms with Crippen LogP contribution in [0.5, 0.6) is 0 Å². The van der Waals surface area contributed by atoms with Gasteiger partial charge in [-0.1, -0.05) is 6.92 Å². The van der Waals surface area contributed by atoms with E-state index in [0.29, 0.717) is 0 Å². The molecule has 0 fully saturated rings. The standard InChI is InChI=1S/C12H18N2O2/c1-9(13)12(2,8-11(15)16-3)10-4-6-14-7-5-10/h4-7,9H,8,13H2,1-3H3. The summed E-state index contributed by atoms with van der Waals surface area (Å²) >= 11 is 0. The van der Waals surface area contributed by atoms with Crippen LogP contribution >= 0.6 is 0 Å². The predicted octanol–water partition coefficient (Wildman–Crippen LogP) is 1.25. The summed E-state index contributed by atoms with van der Waals surface area (Å²) in [5.74, 6) is -0.253. The van der Waals surface area contributed by atoms with Gasteiger partial charge in [-0.15, -0.1) is 0 Å². The van der Waals surface area contributed by atoms with Crippen LogP contribution in [0.3, 0.4) is 0 Å². The van der Waals surface area contributed by atoms with Crippen LogP contribution in [-0.4, -0.2) is 24.1 Å². The average Bonchev–Trinajstić information content (AvgIpc) is 2.29. The van der Waals surface area contributed by atoms with E-state index < -0.39 is 5.41 Å². The van der Waals surface area contributed by atoms with E-state index in [1.54, 1.807) is 12.4 Å². The maximum absolute atomic E-state index is 11.4. The fraction of sp³-hybridized carbons (Fsp3) is 0.500. The Hall–Kier alpha value is -1.42. The molecule has 0 saturated heterocycles. The van der Waals surface area contributed by atoms with Gasteiger partial charge in [-0.2, -0.15) is 0 Å². The number of pyridine rings is 1. The second-order valence-electron chi connectivity index (χ2n) is 4.19. The first-order valence-electron chi connectivity index (χ1n) is 5.23. The molecule has 88 valence electrons. The summed E-state index contributed by atoms with van der Waals surface area (Å²) in [4.78, 5) is 15.4. The number of hydrogen-bond acceptors (Lipinski definition) is 4. The normalized spacial score (nSPS) is 16.2. The summed E-state index contributed by atoms with van der Waals surface area (Å²) in [6.45, 7) is 3.85. The highest BCUT2D eigenvalue weighted by molar-refractivity contribution is 5.71. The Morgan fingerprint density at radius 2 is 2.12 bits per heavy atom. The smallest absolute Gasteiger partial charge is 0.306 e. The van der Waals surface area contributed by atoms with Crippen LogP contribution in [0.2, 0.25) is 0 Å². The first kappa shape index (κ1) is 12.6. The quantitative estimate of drug-likeness (QED) is 0.779. The Bertz CT molecular complexity index is 351. The monoisotopic (exact) mass is 222 g/mol. The predicted molar refractivity (Wildman–Crippen MR) is 61.9 cm³/mol. The number of nitrogens with two attached hydrogens (primary N) is 1. The van der Waals surface area contributed by atoms with E-state index in [-0.39, 0.29) is 18.4 Å². The second kappa shape index (κ2) is 5.07. The molecule has 2 atom stereocenters. The van der Waals surface area contributed by atoms with E-state index in [4.69, 9.17) is 10.5 Å². The minimum Gasteiger partial charge on any atom is -0.469 e. The topological polar surface area (TPSA) is 65.2 Å². The first-order valence-corrected chi connectivity index (χ1v) is 5.23. The molecule has 0 amide bonds. The van der Waals surface area contributed by atoms with E-state index in [0.717, 1.165) is 5.56 Å². The summed E-state index contributed by atoms with van der Waals surface area (Å²) in [6.07, 6.45) is 3.67. The van der Waals surface area contributed by atoms with Crippen molar-refractivity contribution in [2.75, 3.05) is 7.11 Å². The van der Waals surface area contributed by atoms with Crippen molar-refractivity contribution in [3.05, 3.63) is 30.1 Å². The van der Waals surface area contributed by atoms with Crippen LogP contribution in [0.15, 0.2) is 24.5 Å². The lowest BCUT2D eigenvalue weighted by Crippen LogP contribution is -2.42. The van der Waals surface area contributed by atoms with Crippen molar-refractivity contribution in [2.45, 2.75) is 31.7 Å². The van der Waals surface area contributed by atoms with Gasteiger partial charge in [0.1, 0.15) is 0 Å². The molecule has 1 aromatic rings. The molecule has 0 aliphatic rings. The number of methoxy groups -OCH3 is 1. The highest BCUT2D eigenvalue weighted by atomic mass is 16.5. The Balaban J connectivity index is 3.02. The molecule has 0 aliphatic carbocycles. The van der Waals surface area contributed by atoms with Crippen LogP contribution in [0.25, 0.3) is 0 Å². The molecule has 0 spiro atoms. The van der Waals surface area contributed by atoms with Crippen molar-refractivity contribution in [3.63, 3.8) is 0 Å². The van der Waals surface area contributed by atoms with Crippen LogP contribution in [0, 0.1) is 0 Å².